The number of aliphatic hydroxyl groups excluding tert-OH is 1. The van der Waals surface area contributed by atoms with Gasteiger partial charge in [0.15, 0.2) is 0 Å². The van der Waals surface area contributed by atoms with Crippen molar-refractivity contribution in [2.24, 2.45) is 0 Å². The monoisotopic (exact) mass is 253 g/mol. The van der Waals surface area contributed by atoms with E-state index in [1.54, 1.807) is 20.8 Å². The van der Waals surface area contributed by atoms with E-state index >= 15 is 0 Å². The second-order valence-corrected chi connectivity index (χ2v) is 4.36. The Kier molecular flexibility index (Phi) is 4.67. The van der Waals surface area contributed by atoms with Crippen LogP contribution in [0.5, 0.6) is 0 Å². The lowest BCUT2D eigenvalue weighted by Crippen LogP contribution is -2.52. The van der Waals surface area contributed by atoms with Gasteiger partial charge >= 0.3 is 0 Å². The number of amides is 1. The van der Waals surface area contributed by atoms with Gasteiger partial charge in [0, 0.05) is 25.2 Å². The first-order chi connectivity index (χ1) is 8.43. The molecule has 18 heavy (non-hydrogen) atoms. The van der Waals surface area contributed by atoms with Gasteiger partial charge < -0.3 is 15.2 Å². The van der Waals surface area contributed by atoms with Gasteiger partial charge in [0.25, 0.3) is 0 Å². The van der Waals surface area contributed by atoms with Gasteiger partial charge in [-0.25, -0.2) is 0 Å². The summed E-state index contributed by atoms with van der Waals surface area (Å²) in [6, 6.07) is 0. The average Bonchev–Trinajstić information content (AvgIpc) is 2.54. The molecule has 5 nitrogen and oxygen atoms in total. The van der Waals surface area contributed by atoms with Crippen molar-refractivity contribution in [1.29, 1.82) is 0 Å². The molecule has 0 aromatic carbocycles. The first-order valence-corrected chi connectivity index (χ1v) is 5.95. The molecule has 0 fully saturated rings. The van der Waals surface area contributed by atoms with E-state index in [1.165, 1.54) is 12.2 Å². The molecule has 1 aliphatic rings. The van der Waals surface area contributed by atoms with Gasteiger partial charge in [-0.1, -0.05) is 12.5 Å². The minimum absolute atomic E-state index is 0.00930. The van der Waals surface area contributed by atoms with E-state index in [0.29, 0.717) is 18.6 Å². The van der Waals surface area contributed by atoms with Gasteiger partial charge in [-0.15, -0.1) is 0 Å². The molecule has 0 aromatic heterocycles. The Morgan fingerprint density at radius 1 is 1.61 bits per heavy atom. The van der Waals surface area contributed by atoms with E-state index in [1.807, 2.05) is 0 Å². The maximum absolute atomic E-state index is 11.8. The third-order valence-corrected chi connectivity index (χ3v) is 2.77. The fourth-order valence-electron chi connectivity index (χ4n) is 1.79. The smallest absolute Gasteiger partial charge is 0.247 e. The molecule has 1 amide bonds. The topological polar surface area (TPSA) is 75.6 Å². The number of nitrogens with one attached hydrogen (secondary N) is 1. The molecule has 1 aliphatic heterocycles. The summed E-state index contributed by atoms with van der Waals surface area (Å²) in [7, 11) is 0. The Labute approximate surface area is 107 Å². The molecule has 0 radical (unpaired) electrons. The maximum Gasteiger partial charge on any atom is 0.247 e. The second kappa shape index (κ2) is 5.82. The third kappa shape index (κ3) is 3.20. The first-order valence-electron chi connectivity index (χ1n) is 5.95. The number of ketones is 1. The molecule has 0 unspecified atom stereocenters. The van der Waals surface area contributed by atoms with Crippen LogP contribution in [0.2, 0.25) is 0 Å². The fourth-order valence-corrected chi connectivity index (χ4v) is 1.79. The molecule has 0 aromatic rings. The number of carbonyl (C=O) groups excluding carboxylic acids is 2. The molecule has 5 heteroatoms. The molecule has 0 saturated heterocycles. The van der Waals surface area contributed by atoms with E-state index < -0.39 is 5.72 Å². The lowest BCUT2D eigenvalue weighted by atomic mass is 10.1. The molecule has 1 atom stereocenters. The quantitative estimate of drug-likeness (QED) is 0.718. The Morgan fingerprint density at radius 3 is 2.72 bits per heavy atom. The van der Waals surface area contributed by atoms with Gasteiger partial charge in [-0.2, -0.15) is 0 Å². The van der Waals surface area contributed by atoms with E-state index in [0.717, 1.165) is 5.57 Å². The molecule has 1 rings (SSSR count). The summed E-state index contributed by atoms with van der Waals surface area (Å²) in [6.07, 6.45) is 3.54. The van der Waals surface area contributed by atoms with Crippen molar-refractivity contribution in [2.75, 3.05) is 6.61 Å². The van der Waals surface area contributed by atoms with Gasteiger partial charge in [0.2, 0.25) is 17.4 Å². The summed E-state index contributed by atoms with van der Waals surface area (Å²) < 4.78 is 5.42. The number of hydrogen-bond donors (Lipinski definition) is 2. The molecule has 0 bridgehead atoms. The zero-order valence-corrected chi connectivity index (χ0v) is 10.9. The lowest BCUT2D eigenvalue weighted by Gasteiger charge is -2.27. The van der Waals surface area contributed by atoms with Crippen molar-refractivity contribution in [1.82, 2.24) is 5.32 Å². The molecule has 0 spiro atoms. The largest absolute Gasteiger partial charge is 0.465 e. The van der Waals surface area contributed by atoms with Crippen molar-refractivity contribution in [2.45, 2.75) is 39.3 Å². The van der Waals surface area contributed by atoms with Gasteiger partial charge in [0.1, 0.15) is 5.76 Å². The summed E-state index contributed by atoms with van der Waals surface area (Å²) in [5.74, 6) is -0.137. The first kappa shape index (κ1) is 14.4. The minimum Gasteiger partial charge on any atom is -0.465 e. The van der Waals surface area contributed by atoms with Crippen LogP contribution >= 0.6 is 0 Å². The van der Waals surface area contributed by atoms with Crippen LogP contribution in [-0.4, -0.2) is 29.1 Å². The van der Waals surface area contributed by atoms with E-state index in [2.05, 4.69) is 5.32 Å². The van der Waals surface area contributed by atoms with Crippen LogP contribution in [-0.2, 0) is 14.3 Å². The standard InChI is InChI=1S/C13H19NO4/c1-4-13(11(16)8-10(3)18-13)14-12(17)7-9(2)5-6-15/h7-8,15H,4-6H2,1-3H3,(H,14,17)/b9-7+/t13-/m0/s1. The Morgan fingerprint density at radius 2 is 2.28 bits per heavy atom. The van der Waals surface area contributed by atoms with Crippen LogP contribution in [0.4, 0.5) is 0 Å². The van der Waals surface area contributed by atoms with Crippen molar-refractivity contribution in [3.63, 3.8) is 0 Å². The molecule has 2 N–H and O–H groups in total. The van der Waals surface area contributed by atoms with Gasteiger partial charge in [0.05, 0.1) is 0 Å². The lowest BCUT2D eigenvalue weighted by molar-refractivity contribution is -0.140. The average molecular weight is 253 g/mol. The predicted molar refractivity (Wildman–Crippen MR) is 66.5 cm³/mol. The summed E-state index contributed by atoms with van der Waals surface area (Å²) in [5, 5.41) is 11.3. The minimum atomic E-state index is -1.27. The molecule has 0 aliphatic carbocycles. The van der Waals surface area contributed by atoms with Crippen LogP contribution in [0.1, 0.15) is 33.6 Å². The van der Waals surface area contributed by atoms with Crippen LogP contribution in [0, 0.1) is 0 Å². The number of ether oxygens (including phenoxy) is 1. The van der Waals surface area contributed by atoms with Crippen molar-refractivity contribution in [3.8, 4) is 0 Å². The van der Waals surface area contributed by atoms with Crippen LogP contribution in [0.15, 0.2) is 23.5 Å². The zero-order valence-electron chi connectivity index (χ0n) is 10.9. The SMILES string of the molecule is CC[C@]1(NC(=O)/C=C(\C)CCO)OC(C)=CC1=O. The number of rotatable bonds is 5. The second-order valence-electron chi connectivity index (χ2n) is 4.36. The fraction of sp³-hybridized carbons (Fsp3) is 0.538. The highest BCUT2D eigenvalue weighted by Crippen LogP contribution is 2.25. The summed E-state index contributed by atoms with van der Waals surface area (Å²) in [5.41, 5.74) is -0.520. The van der Waals surface area contributed by atoms with E-state index in [-0.39, 0.29) is 18.3 Å². The summed E-state index contributed by atoms with van der Waals surface area (Å²) in [4.78, 5) is 23.6. The zero-order chi connectivity index (χ0) is 13.8. The number of allylic oxidation sites excluding steroid dienone is 1. The molecule has 0 saturated carbocycles. The van der Waals surface area contributed by atoms with E-state index in [9.17, 15) is 9.59 Å². The summed E-state index contributed by atoms with van der Waals surface area (Å²) >= 11 is 0. The molecule has 100 valence electrons. The van der Waals surface area contributed by atoms with Crippen molar-refractivity contribution < 1.29 is 19.4 Å². The molecular formula is C13H19NO4. The molecular weight excluding hydrogens is 234 g/mol. The van der Waals surface area contributed by atoms with Gasteiger partial charge in [-0.3, -0.25) is 9.59 Å². The highest BCUT2D eigenvalue weighted by Gasteiger charge is 2.43. The van der Waals surface area contributed by atoms with Crippen LogP contribution in [0.25, 0.3) is 0 Å². The Bertz CT molecular complexity index is 411. The Balaban J connectivity index is 2.74. The highest BCUT2D eigenvalue weighted by molar-refractivity contribution is 6.02. The third-order valence-electron chi connectivity index (χ3n) is 2.77. The maximum atomic E-state index is 11.8. The van der Waals surface area contributed by atoms with Crippen LogP contribution < -0.4 is 5.32 Å². The number of carbonyl (C=O) groups is 2. The predicted octanol–water partition coefficient (Wildman–Crippen LogP) is 1.04. The number of aliphatic hydroxyl groups is 1. The summed E-state index contributed by atoms with van der Waals surface area (Å²) in [6.45, 7) is 5.18. The Hall–Kier alpha value is -1.62. The number of hydrogen-bond acceptors (Lipinski definition) is 4. The van der Waals surface area contributed by atoms with E-state index in [4.69, 9.17) is 9.84 Å². The van der Waals surface area contributed by atoms with Crippen LogP contribution in [0.3, 0.4) is 0 Å². The van der Waals surface area contributed by atoms with Gasteiger partial charge in [-0.05, 0) is 20.3 Å². The normalized spacial score (nSPS) is 23.7. The van der Waals surface area contributed by atoms with Crippen molar-refractivity contribution in [3.05, 3.63) is 23.5 Å². The molecule has 1 heterocycles. The van der Waals surface area contributed by atoms with Crippen molar-refractivity contribution >= 4 is 11.7 Å². The highest BCUT2D eigenvalue weighted by atomic mass is 16.5.